The van der Waals surface area contributed by atoms with E-state index in [1.54, 1.807) is 25.3 Å². The van der Waals surface area contributed by atoms with Gasteiger partial charge in [0.05, 0.1) is 0 Å². The fourth-order valence-corrected chi connectivity index (χ4v) is 1.05. The van der Waals surface area contributed by atoms with Gasteiger partial charge in [-0.05, 0) is 6.15 Å². The first-order valence-corrected chi connectivity index (χ1v) is 2.63. The molecule has 0 aromatic rings. The Balaban J connectivity index is 2.30. The Morgan fingerprint density at radius 2 is 1.20 bits per heavy atom. The summed E-state index contributed by atoms with van der Waals surface area (Å²) in [6.45, 7) is 0. The van der Waals surface area contributed by atoms with E-state index in [9.17, 15) is 0 Å². The Morgan fingerprint density at radius 1 is 0.800 bits per heavy atom. The first-order chi connectivity index (χ1) is 2.41. The summed E-state index contributed by atoms with van der Waals surface area (Å²) >= 11 is 0. The number of hydrogen-bond donors (Lipinski definition) is 0. The van der Waals surface area contributed by atoms with Crippen LogP contribution in [0.4, 0.5) is 0 Å². The van der Waals surface area contributed by atoms with Crippen LogP contribution in [0.5, 0.6) is 0 Å². The fraction of sp³-hybridized carbons (Fsp3) is 1.00. The summed E-state index contributed by atoms with van der Waals surface area (Å²) in [5, 5.41) is 0. The summed E-state index contributed by atoms with van der Waals surface area (Å²) < 4.78 is 0. The van der Waals surface area contributed by atoms with Gasteiger partial charge in [-0.1, -0.05) is 0 Å². The molecule has 2 saturated heterocycles. The monoisotopic (exact) mass is 67.1 g/mol. The average molecular weight is 66.9 g/mol. The van der Waals surface area contributed by atoms with Crippen LogP contribution in [-0.2, 0) is 0 Å². The average Bonchev–Trinajstić information content (AvgIpc) is 2.17. The van der Waals surface area contributed by atoms with Crippen LogP contribution in [0.15, 0.2) is 0 Å². The highest BCUT2D eigenvalue weighted by molar-refractivity contribution is 6.97. The lowest BCUT2D eigenvalue weighted by Gasteiger charge is -1.65. The molecule has 2 rings (SSSR count). The number of hydrogen-bond acceptors (Lipinski definition) is 0. The lowest BCUT2D eigenvalue weighted by atomic mass is 9.63. The van der Waals surface area contributed by atoms with Crippen molar-refractivity contribution in [2.45, 2.75) is 25.3 Å². The Morgan fingerprint density at radius 3 is 1.20 bits per heavy atom. The van der Waals surface area contributed by atoms with Crippen molar-refractivity contribution < 1.29 is 0 Å². The third kappa shape index (κ3) is 0.171. The van der Waals surface area contributed by atoms with Gasteiger partial charge in [0.25, 0.3) is 0 Å². The molecule has 0 aliphatic carbocycles. The van der Waals surface area contributed by atoms with Crippen LogP contribution in [0.25, 0.3) is 0 Å². The second-order valence-corrected chi connectivity index (χ2v) is 2.89. The maximum atomic E-state index is 1.62. The van der Waals surface area contributed by atoms with Crippen molar-refractivity contribution in [3.05, 3.63) is 0 Å². The summed E-state index contributed by atoms with van der Waals surface area (Å²) in [5.74, 6) is 0. The molecule has 2 aliphatic rings. The maximum Gasteiger partial charge on any atom is -0.0140 e. The van der Waals surface area contributed by atoms with E-state index in [0.717, 1.165) is 0 Å². The molecule has 2 heterocycles. The van der Waals surface area contributed by atoms with Crippen LogP contribution in [0.2, 0.25) is 25.3 Å². The quantitative estimate of drug-likeness (QED) is 0.376. The van der Waals surface area contributed by atoms with E-state index in [2.05, 4.69) is 0 Å². The molecule has 0 nitrogen and oxygen atoms in total. The lowest BCUT2D eigenvalue weighted by Crippen LogP contribution is -1.74. The van der Waals surface area contributed by atoms with E-state index in [-0.39, 0.29) is 0 Å². The van der Waals surface area contributed by atoms with E-state index < -0.39 is 0 Å². The van der Waals surface area contributed by atoms with Crippen molar-refractivity contribution in [1.29, 1.82) is 0 Å². The third-order valence-electron chi connectivity index (χ3n) is 2.21. The van der Waals surface area contributed by atoms with Crippen LogP contribution in [-0.4, -0.2) is 6.15 Å². The highest BCUT2D eigenvalue weighted by Crippen LogP contribution is 2.57. The molecule has 0 radical (unpaired) electrons. The molecule has 0 atom stereocenters. The van der Waals surface area contributed by atoms with Crippen LogP contribution in [0.1, 0.15) is 0 Å². The summed E-state index contributed by atoms with van der Waals surface area (Å²) in [6, 6.07) is 0. The van der Waals surface area contributed by atoms with Crippen LogP contribution in [0.3, 0.4) is 0 Å². The van der Waals surface area contributed by atoms with E-state index in [0.29, 0.717) is 6.15 Å². The normalized spacial score (nSPS) is 38.4. The zero-order valence-corrected chi connectivity index (χ0v) is 3.41. The smallest absolute Gasteiger partial charge is 0.0140 e. The van der Waals surface area contributed by atoms with Crippen molar-refractivity contribution in [1.82, 2.24) is 0 Å². The van der Waals surface area contributed by atoms with Crippen molar-refractivity contribution in [2.75, 3.05) is 0 Å². The highest BCUT2D eigenvalue weighted by atomic mass is 14.2. The van der Waals surface area contributed by atoms with Gasteiger partial charge < -0.3 is 0 Å². The zero-order chi connectivity index (χ0) is 3.33. The Bertz CT molecular complexity index is 46.5. The largest absolute Gasteiger partial charge is 0.210 e. The molecule has 5 heavy (non-hydrogen) atoms. The molecule has 0 unspecified atom stereocenters. The Labute approximate surface area is 32.5 Å². The summed E-state index contributed by atoms with van der Waals surface area (Å²) in [5.41, 5.74) is 0. The zero-order valence-electron chi connectivity index (χ0n) is 3.41. The summed E-state index contributed by atoms with van der Waals surface area (Å²) in [6.07, 6.45) is 7.00. The molecule has 2 aliphatic heterocycles. The molecule has 1 spiro atoms. The van der Waals surface area contributed by atoms with E-state index in [1.807, 2.05) is 0 Å². The fourth-order valence-electron chi connectivity index (χ4n) is 1.05. The van der Waals surface area contributed by atoms with Crippen molar-refractivity contribution >= 4 is 6.15 Å². The van der Waals surface area contributed by atoms with Crippen molar-refractivity contribution in [3.63, 3.8) is 0 Å². The van der Waals surface area contributed by atoms with E-state index in [1.165, 1.54) is 0 Å². The first-order valence-electron chi connectivity index (χ1n) is 2.63. The molecule has 1 heteroatoms. The summed E-state index contributed by atoms with van der Waals surface area (Å²) in [4.78, 5) is 0. The van der Waals surface area contributed by atoms with Gasteiger partial charge in [0.15, 0.2) is 0 Å². The second-order valence-electron chi connectivity index (χ2n) is 2.89. The minimum absolute atomic E-state index is 0.500. The van der Waals surface area contributed by atoms with Crippen LogP contribution < -0.4 is 0 Å². The van der Waals surface area contributed by atoms with Gasteiger partial charge in [-0.25, -0.2) is 25.3 Å². The van der Waals surface area contributed by atoms with Crippen molar-refractivity contribution in [3.8, 4) is 0 Å². The van der Waals surface area contributed by atoms with E-state index in [4.69, 9.17) is 0 Å². The van der Waals surface area contributed by atoms with Gasteiger partial charge >= 0.3 is 0 Å². The maximum absolute atomic E-state index is 1.62. The lowest BCUT2D eigenvalue weighted by molar-refractivity contribution is 1.69. The van der Waals surface area contributed by atoms with Gasteiger partial charge in [-0.3, -0.25) is 0 Å². The molecule has 0 aromatic heterocycles. The summed E-state index contributed by atoms with van der Waals surface area (Å²) in [7, 11) is 0. The minimum Gasteiger partial charge on any atom is -0.210 e. The van der Waals surface area contributed by atoms with E-state index >= 15 is 0 Å². The van der Waals surface area contributed by atoms with Crippen LogP contribution >= 0.6 is 0 Å². The van der Waals surface area contributed by atoms with Gasteiger partial charge in [0, 0.05) is 0 Å². The van der Waals surface area contributed by atoms with Gasteiger partial charge in [-0.15, -0.1) is 0 Å². The molecule has 28 valence electrons. The van der Waals surface area contributed by atoms with Gasteiger partial charge in [-0.2, -0.15) is 0 Å². The van der Waals surface area contributed by atoms with Gasteiger partial charge in [0.2, 0.25) is 0 Å². The molecule has 2 fully saturated rings. The molecule has 0 bridgehead atoms. The molecular formula is C4H8B-. The Kier molecular flexibility index (Phi) is 0.172. The van der Waals surface area contributed by atoms with Gasteiger partial charge in [0.1, 0.15) is 0 Å². The molecule has 0 N–H and O–H groups in total. The first kappa shape index (κ1) is 2.28. The standard InChI is InChI=1S/C4H8B/c1-2-5(1)3-4-5/h1-4H2/q-1. The topological polar surface area (TPSA) is 0 Å². The highest BCUT2D eigenvalue weighted by Gasteiger charge is 2.43. The molecule has 0 saturated carbocycles. The predicted octanol–water partition coefficient (Wildman–Crippen LogP) is 1.46. The molecule has 0 aromatic carbocycles. The number of rotatable bonds is 0. The third-order valence-corrected chi connectivity index (χ3v) is 2.21. The predicted molar refractivity (Wildman–Crippen MR) is 25.0 cm³/mol. The minimum atomic E-state index is 0.500. The molecule has 0 amide bonds. The van der Waals surface area contributed by atoms with Crippen molar-refractivity contribution in [2.24, 2.45) is 0 Å². The molecular weight excluding hydrogens is 58.9 g/mol. The second kappa shape index (κ2) is 0.377. The van der Waals surface area contributed by atoms with Crippen LogP contribution in [0, 0.1) is 0 Å². The Hall–Kier alpha value is 0.0649. The SMILES string of the molecule is C1C[B-]12CC2.